The number of fused-ring (bicyclic) bond motifs is 2. The molecule has 0 spiro atoms. The number of piperidine rings is 1. The second-order valence-corrected chi connectivity index (χ2v) is 7.73. The highest BCUT2D eigenvalue weighted by Gasteiger charge is 2.60. The van der Waals surface area contributed by atoms with E-state index in [9.17, 15) is 9.59 Å². The van der Waals surface area contributed by atoms with Crippen molar-refractivity contribution in [2.45, 2.75) is 37.3 Å². The zero-order chi connectivity index (χ0) is 18.4. The molecule has 2 aromatic rings. The van der Waals surface area contributed by atoms with Crippen molar-refractivity contribution >= 4 is 17.5 Å². The van der Waals surface area contributed by atoms with Crippen LogP contribution >= 0.6 is 0 Å². The number of nitrogens with one attached hydrogen (secondary N) is 2. The molecule has 0 radical (unpaired) electrons. The Morgan fingerprint density at radius 1 is 1.07 bits per heavy atom. The van der Waals surface area contributed by atoms with Crippen LogP contribution in [0.15, 0.2) is 54.6 Å². The molecule has 4 atom stereocenters. The first-order valence-electron chi connectivity index (χ1n) is 9.64. The molecule has 2 bridgehead atoms. The molecule has 5 heteroatoms. The summed E-state index contributed by atoms with van der Waals surface area (Å²) < 4.78 is 6.35. The minimum absolute atomic E-state index is 0.116. The van der Waals surface area contributed by atoms with Gasteiger partial charge in [-0.3, -0.25) is 9.59 Å². The van der Waals surface area contributed by atoms with Crippen LogP contribution in [0.2, 0.25) is 0 Å². The Morgan fingerprint density at radius 2 is 1.85 bits per heavy atom. The standard InChI is InChI=1S/C22H22N2O3/c25-20(23-14-8-2-1-3-9-14)19-18-15-10-4-5-12-17(15)27-22(24-21(19)26)13-7-6-11-16(18)22/h1-5,8-10,12,16,18-19H,6-7,11,13H2,(H,23,25)(H,24,26)/t16?,18?,19?,22-/m1/s1. The molecular weight excluding hydrogens is 340 g/mol. The van der Waals surface area contributed by atoms with Crippen LogP contribution in [0.4, 0.5) is 5.69 Å². The van der Waals surface area contributed by atoms with Gasteiger partial charge in [-0.05, 0) is 36.6 Å². The molecule has 2 aromatic carbocycles. The molecule has 3 aliphatic rings. The molecule has 2 fully saturated rings. The highest BCUT2D eigenvalue weighted by molar-refractivity contribution is 6.08. The van der Waals surface area contributed by atoms with Crippen LogP contribution in [-0.4, -0.2) is 17.5 Å². The number of ether oxygens (including phenoxy) is 1. The first kappa shape index (κ1) is 16.4. The van der Waals surface area contributed by atoms with E-state index < -0.39 is 11.6 Å². The van der Waals surface area contributed by atoms with Gasteiger partial charge in [-0.1, -0.05) is 42.8 Å². The minimum Gasteiger partial charge on any atom is -0.467 e. The monoisotopic (exact) mass is 362 g/mol. The molecule has 138 valence electrons. The van der Waals surface area contributed by atoms with Gasteiger partial charge in [0.2, 0.25) is 11.8 Å². The van der Waals surface area contributed by atoms with Crippen LogP contribution in [0.3, 0.4) is 0 Å². The Bertz CT molecular complexity index is 897. The van der Waals surface area contributed by atoms with E-state index >= 15 is 0 Å². The Kier molecular flexibility index (Phi) is 3.71. The van der Waals surface area contributed by atoms with Crippen molar-refractivity contribution in [3.05, 3.63) is 60.2 Å². The number of amides is 2. The van der Waals surface area contributed by atoms with Crippen molar-refractivity contribution in [1.29, 1.82) is 0 Å². The Balaban J connectivity index is 1.57. The van der Waals surface area contributed by atoms with E-state index in [0.29, 0.717) is 5.69 Å². The van der Waals surface area contributed by atoms with E-state index in [1.54, 1.807) is 0 Å². The van der Waals surface area contributed by atoms with E-state index in [4.69, 9.17) is 4.74 Å². The minimum atomic E-state index is -0.758. The molecule has 2 amide bonds. The summed E-state index contributed by atoms with van der Waals surface area (Å²) in [4.78, 5) is 26.2. The van der Waals surface area contributed by atoms with Crippen molar-refractivity contribution in [2.24, 2.45) is 11.8 Å². The highest BCUT2D eigenvalue weighted by Crippen LogP contribution is 2.55. The summed E-state index contributed by atoms with van der Waals surface area (Å²) in [6, 6.07) is 17.1. The van der Waals surface area contributed by atoms with Crippen LogP contribution in [0.1, 0.15) is 37.2 Å². The summed E-state index contributed by atoms with van der Waals surface area (Å²) in [5.74, 6) is -0.497. The fourth-order valence-electron chi connectivity index (χ4n) is 5.09. The zero-order valence-electron chi connectivity index (χ0n) is 15.0. The maximum atomic E-state index is 13.1. The number of anilines is 1. The van der Waals surface area contributed by atoms with Gasteiger partial charge in [0, 0.05) is 23.9 Å². The Labute approximate surface area is 158 Å². The van der Waals surface area contributed by atoms with Crippen molar-refractivity contribution in [3.8, 4) is 5.75 Å². The van der Waals surface area contributed by atoms with E-state index in [1.165, 1.54) is 0 Å². The number of para-hydroxylation sites is 2. The van der Waals surface area contributed by atoms with Crippen LogP contribution < -0.4 is 15.4 Å². The SMILES string of the molecule is O=C(Nc1ccccc1)C1C(=O)N[C@@]23CCCCC2C1c1ccccc1O3. The van der Waals surface area contributed by atoms with Gasteiger partial charge in [-0.15, -0.1) is 0 Å². The summed E-state index contributed by atoms with van der Waals surface area (Å²) >= 11 is 0. The summed E-state index contributed by atoms with van der Waals surface area (Å²) in [5, 5.41) is 6.03. The van der Waals surface area contributed by atoms with Crippen LogP contribution in [0.5, 0.6) is 5.75 Å². The van der Waals surface area contributed by atoms with Crippen molar-refractivity contribution in [1.82, 2.24) is 5.32 Å². The van der Waals surface area contributed by atoms with Gasteiger partial charge in [0.1, 0.15) is 11.7 Å². The first-order chi connectivity index (χ1) is 13.2. The third-order valence-corrected chi connectivity index (χ3v) is 6.22. The number of carbonyl (C=O) groups excluding carboxylic acids is 2. The smallest absolute Gasteiger partial charge is 0.237 e. The maximum Gasteiger partial charge on any atom is 0.237 e. The van der Waals surface area contributed by atoms with Crippen LogP contribution in [0, 0.1) is 11.8 Å². The molecular formula is C22H22N2O3. The van der Waals surface area contributed by atoms with Gasteiger partial charge in [-0.25, -0.2) is 0 Å². The molecule has 2 heterocycles. The second-order valence-electron chi connectivity index (χ2n) is 7.73. The fraction of sp³-hybridized carbons (Fsp3) is 0.364. The summed E-state index contributed by atoms with van der Waals surface area (Å²) in [6.07, 6.45) is 3.86. The molecule has 5 rings (SSSR count). The molecule has 2 aliphatic heterocycles. The molecule has 1 saturated carbocycles. The lowest BCUT2D eigenvalue weighted by Crippen LogP contribution is -2.69. The number of hydrogen-bond acceptors (Lipinski definition) is 3. The lowest BCUT2D eigenvalue weighted by molar-refractivity contribution is -0.160. The normalized spacial score (nSPS) is 31.0. The summed E-state index contributed by atoms with van der Waals surface area (Å²) in [6.45, 7) is 0. The molecule has 0 aromatic heterocycles. The first-order valence-corrected chi connectivity index (χ1v) is 9.64. The average Bonchev–Trinajstić information content (AvgIpc) is 2.67. The third-order valence-electron chi connectivity index (χ3n) is 6.22. The highest BCUT2D eigenvalue weighted by atomic mass is 16.5. The van der Waals surface area contributed by atoms with Gasteiger partial charge >= 0.3 is 0 Å². The largest absolute Gasteiger partial charge is 0.467 e. The Morgan fingerprint density at radius 3 is 2.70 bits per heavy atom. The topological polar surface area (TPSA) is 67.4 Å². The van der Waals surface area contributed by atoms with Gasteiger partial charge in [0.25, 0.3) is 0 Å². The summed E-state index contributed by atoms with van der Waals surface area (Å²) in [7, 11) is 0. The van der Waals surface area contributed by atoms with Crippen molar-refractivity contribution < 1.29 is 14.3 Å². The number of rotatable bonds is 2. The van der Waals surface area contributed by atoms with E-state index in [0.717, 1.165) is 37.0 Å². The van der Waals surface area contributed by atoms with Crippen molar-refractivity contribution in [2.75, 3.05) is 5.32 Å². The van der Waals surface area contributed by atoms with Crippen LogP contribution in [0.25, 0.3) is 0 Å². The van der Waals surface area contributed by atoms with E-state index in [2.05, 4.69) is 10.6 Å². The molecule has 1 saturated heterocycles. The van der Waals surface area contributed by atoms with E-state index in [1.807, 2.05) is 54.6 Å². The molecule has 27 heavy (non-hydrogen) atoms. The van der Waals surface area contributed by atoms with Gasteiger partial charge in [-0.2, -0.15) is 0 Å². The van der Waals surface area contributed by atoms with E-state index in [-0.39, 0.29) is 23.7 Å². The molecule has 1 aliphatic carbocycles. The quantitative estimate of drug-likeness (QED) is 0.805. The van der Waals surface area contributed by atoms with Gasteiger partial charge in [0.15, 0.2) is 5.72 Å². The Hall–Kier alpha value is -2.82. The predicted molar refractivity (Wildman–Crippen MR) is 101 cm³/mol. The van der Waals surface area contributed by atoms with Crippen LogP contribution in [-0.2, 0) is 9.59 Å². The number of benzene rings is 2. The third kappa shape index (κ3) is 2.52. The fourth-order valence-corrected chi connectivity index (χ4v) is 5.09. The maximum absolute atomic E-state index is 13.1. The predicted octanol–water partition coefficient (Wildman–Crippen LogP) is 3.43. The summed E-state index contributed by atoms with van der Waals surface area (Å²) in [5.41, 5.74) is 1.01. The van der Waals surface area contributed by atoms with Gasteiger partial charge in [0.05, 0.1) is 0 Å². The van der Waals surface area contributed by atoms with Crippen molar-refractivity contribution in [3.63, 3.8) is 0 Å². The zero-order valence-corrected chi connectivity index (χ0v) is 15.0. The molecule has 3 unspecified atom stereocenters. The second kappa shape index (κ2) is 6.12. The lowest BCUT2D eigenvalue weighted by Gasteiger charge is -2.55. The molecule has 5 nitrogen and oxygen atoms in total. The molecule has 2 N–H and O–H groups in total. The average molecular weight is 362 g/mol. The number of carbonyl (C=O) groups is 2. The van der Waals surface area contributed by atoms with Gasteiger partial charge < -0.3 is 15.4 Å². The number of hydrogen-bond donors (Lipinski definition) is 2. The lowest BCUT2D eigenvalue weighted by atomic mass is 9.62.